The van der Waals surface area contributed by atoms with E-state index >= 15 is 0 Å². The summed E-state index contributed by atoms with van der Waals surface area (Å²) in [6, 6.07) is 8.98. The molecule has 0 atom stereocenters. The van der Waals surface area contributed by atoms with E-state index in [0.29, 0.717) is 28.0 Å². The lowest BCUT2D eigenvalue weighted by molar-refractivity contribution is -0.274. The van der Waals surface area contributed by atoms with Crippen LogP contribution in [0, 0.1) is 0 Å². The first-order valence-corrected chi connectivity index (χ1v) is 11.8. The summed E-state index contributed by atoms with van der Waals surface area (Å²) < 4.78 is 53.7. The summed E-state index contributed by atoms with van der Waals surface area (Å²) >= 11 is 1.05. The van der Waals surface area contributed by atoms with Crippen LogP contribution >= 0.6 is 11.3 Å². The van der Waals surface area contributed by atoms with Crippen molar-refractivity contribution in [1.29, 1.82) is 0 Å². The summed E-state index contributed by atoms with van der Waals surface area (Å²) in [6.07, 6.45) is -4.20. The maximum atomic E-state index is 13.2. The van der Waals surface area contributed by atoms with Crippen LogP contribution in [0.15, 0.2) is 36.4 Å². The van der Waals surface area contributed by atoms with Gasteiger partial charge in [-0.2, -0.15) is 0 Å². The molecule has 1 aromatic heterocycles. The van der Waals surface area contributed by atoms with Crippen LogP contribution in [0.2, 0.25) is 0 Å². The van der Waals surface area contributed by atoms with E-state index in [1.54, 1.807) is 45.9 Å². The molecule has 0 spiro atoms. The first-order chi connectivity index (χ1) is 16.2. The van der Waals surface area contributed by atoms with Crippen molar-refractivity contribution >= 4 is 33.1 Å². The lowest BCUT2D eigenvalue weighted by Gasteiger charge is -2.43. The van der Waals surface area contributed by atoms with Gasteiger partial charge in [-0.05, 0) is 69.5 Å². The largest absolute Gasteiger partial charge is 0.573 e. The van der Waals surface area contributed by atoms with Crippen LogP contribution in [-0.4, -0.2) is 34.1 Å². The molecule has 0 unspecified atom stereocenters. The third-order valence-corrected chi connectivity index (χ3v) is 6.71. The van der Waals surface area contributed by atoms with E-state index in [-0.39, 0.29) is 22.5 Å². The maximum absolute atomic E-state index is 13.2. The Hall–Kier alpha value is -2.98. The van der Waals surface area contributed by atoms with Gasteiger partial charge in [0.15, 0.2) is 11.6 Å². The first kappa shape index (κ1) is 25.1. The lowest BCUT2D eigenvalue weighted by Crippen LogP contribution is -2.58. The van der Waals surface area contributed by atoms with Crippen molar-refractivity contribution in [1.82, 2.24) is 4.98 Å². The number of ketones is 2. The van der Waals surface area contributed by atoms with Gasteiger partial charge in [-0.3, -0.25) is 9.59 Å². The molecule has 1 aliphatic heterocycles. The number of benzene rings is 2. The summed E-state index contributed by atoms with van der Waals surface area (Å²) in [4.78, 5) is 30.8. The minimum absolute atomic E-state index is 0.199. The Bertz CT molecular complexity index is 1290. The number of rotatable bonds is 5. The number of aromatic nitrogens is 1. The highest BCUT2D eigenvalue weighted by atomic mass is 32.1. The number of thiazole rings is 1. The van der Waals surface area contributed by atoms with Gasteiger partial charge in [-0.25, -0.2) is 4.98 Å². The molecule has 4 rings (SSSR count). The van der Waals surface area contributed by atoms with Crippen molar-refractivity contribution in [3.05, 3.63) is 47.5 Å². The van der Waals surface area contributed by atoms with Crippen molar-refractivity contribution in [3.8, 4) is 16.7 Å². The zero-order valence-electron chi connectivity index (χ0n) is 19.8. The van der Waals surface area contributed by atoms with Crippen LogP contribution in [0.3, 0.4) is 0 Å². The zero-order valence-corrected chi connectivity index (χ0v) is 20.6. The molecule has 1 fully saturated rings. The number of ether oxygens (including phenoxy) is 3. The standard InChI is InChI=1S/C25H24F3NO5S/c1-6-13-7-8-14(11-16(13)19-20(30)23(2,3)34-24(4,5)21(19)31)32-22-29-17-10-9-15(12-18(17)35-22)33-25(26,27)28/h7-12,19H,6H2,1-5H3. The molecule has 6 nitrogen and oxygen atoms in total. The summed E-state index contributed by atoms with van der Waals surface area (Å²) in [6.45, 7) is 8.54. The van der Waals surface area contributed by atoms with E-state index in [2.05, 4.69) is 9.72 Å². The molecule has 0 saturated carbocycles. The van der Waals surface area contributed by atoms with Gasteiger partial charge < -0.3 is 14.2 Å². The third-order valence-electron chi connectivity index (χ3n) is 5.81. The molecule has 0 amide bonds. The van der Waals surface area contributed by atoms with E-state index in [0.717, 1.165) is 16.9 Å². The molecule has 0 bridgehead atoms. The molecule has 2 aromatic carbocycles. The predicted molar refractivity (Wildman–Crippen MR) is 124 cm³/mol. The molecule has 35 heavy (non-hydrogen) atoms. The molecule has 1 aliphatic rings. The average molecular weight is 508 g/mol. The van der Waals surface area contributed by atoms with E-state index in [1.807, 2.05) is 6.92 Å². The van der Waals surface area contributed by atoms with Crippen LogP contribution in [0.5, 0.6) is 16.7 Å². The molecule has 10 heteroatoms. The van der Waals surface area contributed by atoms with Crippen LogP contribution in [0.4, 0.5) is 13.2 Å². The molecular weight excluding hydrogens is 483 g/mol. The summed E-state index contributed by atoms with van der Waals surface area (Å²) in [5.41, 5.74) is -0.467. The fourth-order valence-electron chi connectivity index (χ4n) is 4.29. The molecule has 0 radical (unpaired) electrons. The highest BCUT2D eigenvalue weighted by Gasteiger charge is 2.53. The number of nitrogens with zero attached hydrogens (tertiary/aromatic N) is 1. The topological polar surface area (TPSA) is 74.7 Å². The molecule has 3 aromatic rings. The molecular formula is C25H24F3NO5S. The summed E-state index contributed by atoms with van der Waals surface area (Å²) in [7, 11) is 0. The van der Waals surface area contributed by atoms with E-state index in [9.17, 15) is 22.8 Å². The Kier molecular flexibility index (Phi) is 6.17. The number of alkyl halides is 3. The summed E-state index contributed by atoms with van der Waals surface area (Å²) in [5.74, 6) is -1.66. The van der Waals surface area contributed by atoms with Crippen LogP contribution in [0.1, 0.15) is 51.7 Å². The Balaban J connectivity index is 1.68. The second-order valence-corrected chi connectivity index (χ2v) is 10.3. The van der Waals surface area contributed by atoms with E-state index in [1.165, 1.54) is 18.2 Å². The SMILES string of the molecule is CCc1ccc(Oc2nc3ccc(OC(F)(F)F)cc3s2)cc1C1C(=O)C(C)(C)OC(C)(C)C1=O. The second-order valence-electron chi connectivity index (χ2n) is 9.26. The number of Topliss-reactive ketones (excluding diaryl/α,β-unsaturated/α-hetero) is 2. The van der Waals surface area contributed by atoms with Gasteiger partial charge in [-0.1, -0.05) is 24.3 Å². The maximum Gasteiger partial charge on any atom is 0.573 e. The summed E-state index contributed by atoms with van der Waals surface area (Å²) in [5, 5.41) is 0.199. The quantitative estimate of drug-likeness (QED) is 0.374. The van der Waals surface area contributed by atoms with Crippen LogP contribution in [0.25, 0.3) is 10.2 Å². The van der Waals surface area contributed by atoms with Gasteiger partial charge in [0.25, 0.3) is 5.19 Å². The highest BCUT2D eigenvalue weighted by molar-refractivity contribution is 7.20. The number of carbonyl (C=O) groups excluding carboxylic acids is 2. The second kappa shape index (κ2) is 8.60. The minimum atomic E-state index is -4.79. The predicted octanol–water partition coefficient (Wildman–Crippen LogP) is 6.36. The van der Waals surface area contributed by atoms with Crippen molar-refractivity contribution in [2.75, 3.05) is 0 Å². The molecule has 0 aliphatic carbocycles. The van der Waals surface area contributed by atoms with Gasteiger partial charge >= 0.3 is 6.36 Å². The number of aryl methyl sites for hydroxylation is 1. The normalized spacial score (nSPS) is 18.2. The Morgan fingerprint density at radius 1 is 1.00 bits per heavy atom. The first-order valence-electron chi connectivity index (χ1n) is 11.0. The van der Waals surface area contributed by atoms with E-state index < -0.39 is 23.5 Å². The fourth-order valence-corrected chi connectivity index (χ4v) is 5.15. The van der Waals surface area contributed by atoms with Crippen molar-refractivity contribution < 1.29 is 37.0 Å². The molecule has 1 saturated heterocycles. The van der Waals surface area contributed by atoms with Crippen molar-refractivity contribution in [2.45, 2.75) is 64.5 Å². The van der Waals surface area contributed by atoms with Gasteiger partial charge in [0.1, 0.15) is 28.6 Å². The van der Waals surface area contributed by atoms with Crippen LogP contribution in [-0.2, 0) is 20.7 Å². The fraction of sp³-hybridized carbons (Fsp3) is 0.400. The van der Waals surface area contributed by atoms with Gasteiger partial charge in [0.05, 0.1) is 10.2 Å². The third kappa shape index (κ3) is 5.04. The number of fused-ring (bicyclic) bond motifs is 1. The molecule has 2 heterocycles. The average Bonchev–Trinajstić information content (AvgIpc) is 3.12. The smallest absolute Gasteiger partial charge is 0.431 e. The molecule has 186 valence electrons. The number of carbonyl (C=O) groups is 2. The van der Waals surface area contributed by atoms with Gasteiger partial charge in [-0.15, -0.1) is 13.2 Å². The van der Waals surface area contributed by atoms with Crippen LogP contribution < -0.4 is 9.47 Å². The Morgan fingerprint density at radius 3 is 2.23 bits per heavy atom. The van der Waals surface area contributed by atoms with Crippen molar-refractivity contribution in [2.24, 2.45) is 0 Å². The van der Waals surface area contributed by atoms with Gasteiger partial charge in [0, 0.05) is 6.07 Å². The Labute approximate surface area is 204 Å². The number of hydrogen-bond acceptors (Lipinski definition) is 7. The minimum Gasteiger partial charge on any atom is -0.431 e. The molecule has 0 N–H and O–H groups in total. The monoisotopic (exact) mass is 507 g/mol. The lowest BCUT2D eigenvalue weighted by atomic mass is 9.73. The Morgan fingerprint density at radius 2 is 1.63 bits per heavy atom. The zero-order chi connectivity index (χ0) is 25.8. The number of halogens is 3. The van der Waals surface area contributed by atoms with E-state index in [4.69, 9.17) is 9.47 Å². The van der Waals surface area contributed by atoms with Gasteiger partial charge in [0.2, 0.25) is 0 Å². The number of hydrogen-bond donors (Lipinski definition) is 0. The highest BCUT2D eigenvalue weighted by Crippen LogP contribution is 2.41. The van der Waals surface area contributed by atoms with Crippen molar-refractivity contribution in [3.63, 3.8) is 0 Å².